The molecular weight excluding hydrogens is 220 g/mol. The Morgan fingerprint density at radius 2 is 2.24 bits per heavy atom. The van der Waals surface area contributed by atoms with Crippen molar-refractivity contribution in [2.75, 3.05) is 0 Å². The van der Waals surface area contributed by atoms with Crippen molar-refractivity contribution >= 4 is 5.97 Å². The summed E-state index contributed by atoms with van der Waals surface area (Å²) in [6.07, 6.45) is 2.12. The Kier molecular flexibility index (Phi) is 2.72. The summed E-state index contributed by atoms with van der Waals surface area (Å²) in [5, 5.41) is 17.7. The molecule has 1 fully saturated rings. The second-order valence-electron chi connectivity index (χ2n) is 4.48. The Morgan fingerprint density at radius 3 is 2.76 bits per heavy atom. The number of carbonyl (C=O) groups is 1. The number of pyridine rings is 1. The highest BCUT2D eigenvalue weighted by Crippen LogP contribution is 2.49. The third-order valence-corrected chi connectivity index (χ3v) is 3.17. The lowest BCUT2D eigenvalue weighted by Crippen LogP contribution is -2.28. The smallest absolute Gasteiger partial charge is 0.352 e. The van der Waals surface area contributed by atoms with Crippen LogP contribution in [0.3, 0.4) is 0 Å². The van der Waals surface area contributed by atoms with Crippen molar-refractivity contribution in [3.8, 4) is 6.07 Å². The van der Waals surface area contributed by atoms with E-state index < -0.39 is 5.97 Å². The Bertz CT molecular complexity index is 550. The number of aromatic nitrogens is 1. The quantitative estimate of drug-likeness (QED) is 0.846. The number of hydrogen-bond donors (Lipinski definition) is 1. The summed E-state index contributed by atoms with van der Waals surface area (Å²) >= 11 is 0. The van der Waals surface area contributed by atoms with Crippen molar-refractivity contribution in [2.45, 2.75) is 25.8 Å². The summed E-state index contributed by atoms with van der Waals surface area (Å²) < 4.78 is 1.26. The van der Waals surface area contributed by atoms with E-state index in [0.29, 0.717) is 13.0 Å². The normalized spacial score (nSPS) is 16.2. The monoisotopic (exact) mass is 232 g/mol. The maximum absolute atomic E-state index is 11.7. The summed E-state index contributed by atoms with van der Waals surface area (Å²) in [5.74, 6) is -1.12. The van der Waals surface area contributed by atoms with E-state index in [0.717, 1.165) is 12.8 Å². The fourth-order valence-electron chi connectivity index (χ4n) is 1.94. The van der Waals surface area contributed by atoms with E-state index in [1.807, 2.05) is 0 Å². The third kappa shape index (κ3) is 2.21. The molecule has 1 aliphatic rings. The van der Waals surface area contributed by atoms with Gasteiger partial charge in [-0.3, -0.25) is 4.79 Å². The van der Waals surface area contributed by atoms with Gasteiger partial charge in [-0.25, -0.2) is 4.79 Å². The number of carboxylic acid groups (broad SMARTS) is 1. The number of nitriles is 1. The minimum Gasteiger partial charge on any atom is -0.477 e. The molecule has 2 rings (SSSR count). The standard InChI is InChI=1S/C12H12N2O3/c13-7-6-12(4-5-12)8-14-9(11(16)17)2-1-3-10(14)15/h1-3H,4-6,8H2,(H,16,17). The maximum atomic E-state index is 11.7. The summed E-state index contributed by atoms with van der Waals surface area (Å²) in [4.78, 5) is 22.7. The molecule has 1 saturated carbocycles. The van der Waals surface area contributed by atoms with E-state index >= 15 is 0 Å². The Morgan fingerprint density at radius 1 is 1.53 bits per heavy atom. The molecule has 1 heterocycles. The van der Waals surface area contributed by atoms with Gasteiger partial charge >= 0.3 is 5.97 Å². The fourth-order valence-corrected chi connectivity index (χ4v) is 1.94. The first kappa shape index (κ1) is 11.4. The number of hydrogen-bond acceptors (Lipinski definition) is 3. The van der Waals surface area contributed by atoms with Crippen molar-refractivity contribution in [3.63, 3.8) is 0 Å². The van der Waals surface area contributed by atoms with Crippen molar-refractivity contribution in [1.82, 2.24) is 4.57 Å². The fraction of sp³-hybridized carbons (Fsp3) is 0.417. The molecule has 17 heavy (non-hydrogen) atoms. The highest BCUT2D eigenvalue weighted by molar-refractivity contribution is 5.85. The molecule has 0 amide bonds. The molecule has 0 unspecified atom stereocenters. The molecule has 0 aromatic carbocycles. The van der Waals surface area contributed by atoms with Crippen LogP contribution in [0, 0.1) is 16.7 Å². The first-order chi connectivity index (χ1) is 8.08. The van der Waals surface area contributed by atoms with Gasteiger partial charge in [-0.2, -0.15) is 5.26 Å². The lowest BCUT2D eigenvalue weighted by Gasteiger charge is -2.15. The molecule has 0 atom stereocenters. The summed E-state index contributed by atoms with van der Waals surface area (Å²) in [6.45, 7) is 0.321. The average Bonchev–Trinajstić information content (AvgIpc) is 3.01. The van der Waals surface area contributed by atoms with Gasteiger partial charge in [0.15, 0.2) is 0 Å². The van der Waals surface area contributed by atoms with Crippen LogP contribution in [0.4, 0.5) is 0 Å². The van der Waals surface area contributed by atoms with Crippen LogP contribution < -0.4 is 5.56 Å². The number of aromatic carboxylic acids is 1. The second kappa shape index (κ2) is 4.06. The average molecular weight is 232 g/mol. The van der Waals surface area contributed by atoms with Gasteiger partial charge in [0.1, 0.15) is 5.69 Å². The van der Waals surface area contributed by atoms with E-state index in [1.165, 1.54) is 22.8 Å². The predicted molar refractivity (Wildman–Crippen MR) is 59.6 cm³/mol. The van der Waals surface area contributed by atoms with Crippen LogP contribution in [0.25, 0.3) is 0 Å². The van der Waals surface area contributed by atoms with E-state index in [2.05, 4.69) is 6.07 Å². The molecule has 0 aliphatic heterocycles. The van der Waals surface area contributed by atoms with Gasteiger partial charge in [0.2, 0.25) is 0 Å². The number of carboxylic acids is 1. The maximum Gasteiger partial charge on any atom is 0.352 e. The summed E-state index contributed by atoms with van der Waals surface area (Å²) in [7, 11) is 0. The van der Waals surface area contributed by atoms with E-state index in [9.17, 15) is 9.59 Å². The summed E-state index contributed by atoms with van der Waals surface area (Å²) in [6, 6.07) is 6.28. The Labute approximate surface area is 97.9 Å². The minimum atomic E-state index is -1.12. The molecule has 0 spiro atoms. The van der Waals surface area contributed by atoms with Gasteiger partial charge < -0.3 is 9.67 Å². The molecule has 1 aromatic rings. The van der Waals surface area contributed by atoms with E-state index in [1.54, 1.807) is 0 Å². The highest BCUT2D eigenvalue weighted by atomic mass is 16.4. The first-order valence-electron chi connectivity index (χ1n) is 5.38. The highest BCUT2D eigenvalue weighted by Gasteiger charge is 2.43. The predicted octanol–water partition coefficient (Wildman–Crippen LogP) is 1.24. The zero-order valence-corrected chi connectivity index (χ0v) is 9.22. The molecule has 0 radical (unpaired) electrons. The van der Waals surface area contributed by atoms with Crippen LogP contribution in [0.15, 0.2) is 23.0 Å². The van der Waals surface area contributed by atoms with Gasteiger partial charge in [-0.15, -0.1) is 0 Å². The Hall–Kier alpha value is -2.09. The molecule has 0 bridgehead atoms. The molecule has 1 aliphatic carbocycles. The molecule has 5 heteroatoms. The van der Waals surface area contributed by atoms with E-state index in [-0.39, 0.29) is 16.7 Å². The van der Waals surface area contributed by atoms with Crippen molar-refractivity contribution < 1.29 is 9.90 Å². The lowest BCUT2D eigenvalue weighted by molar-refractivity contribution is 0.0681. The van der Waals surface area contributed by atoms with Crippen LogP contribution in [0.5, 0.6) is 0 Å². The Balaban J connectivity index is 2.36. The van der Waals surface area contributed by atoms with Gasteiger partial charge in [0.25, 0.3) is 5.56 Å². The molecule has 88 valence electrons. The van der Waals surface area contributed by atoms with Crippen LogP contribution in [0.2, 0.25) is 0 Å². The van der Waals surface area contributed by atoms with Crippen molar-refractivity contribution in [3.05, 3.63) is 34.2 Å². The zero-order chi connectivity index (χ0) is 12.5. The van der Waals surface area contributed by atoms with Gasteiger partial charge in [-0.1, -0.05) is 6.07 Å². The topological polar surface area (TPSA) is 83.1 Å². The first-order valence-corrected chi connectivity index (χ1v) is 5.38. The van der Waals surface area contributed by atoms with Gasteiger partial charge in [-0.05, 0) is 18.9 Å². The second-order valence-corrected chi connectivity index (χ2v) is 4.48. The van der Waals surface area contributed by atoms with Crippen molar-refractivity contribution in [2.24, 2.45) is 5.41 Å². The van der Waals surface area contributed by atoms with Gasteiger partial charge in [0, 0.05) is 24.4 Å². The lowest BCUT2D eigenvalue weighted by atomic mass is 10.0. The molecular formula is C12H12N2O3. The number of rotatable bonds is 4. The van der Waals surface area contributed by atoms with Crippen LogP contribution in [-0.4, -0.2) is 15.6 Å². The largest absolute Gasteiger partial charge is 0.477 e. The molecule has 0 saturated heterocycles. The van der Waals surface area contributed by atoms with E-state index in [4.69, 9.17) is 10.4 Å². The zero-order valence-electron chi connectivity index (χ0n) is 9.22. The number of nitrogens with zero attached hydrogens (tertiary/aromatic N) is 2. The van der Waals surface area contributed by atoms with Crippen molar-refractivity contribution in [1.29, 1.82) is 5.26 Å². The van der Waals surface area contributed by atoms with Crippen LogP contribution in [0.1, 0.15) is 29.8 Å². The minimum absolute atomic E-state index is 0.0123. The third-order valence-electron chi connectivity index (χ3n) is 3.17. The molecule has 1 aromatic heterocycles. The summed E-state index contributed by atoms with van der Waals surface area (Å²) in [5.41, 5.74) is -0.528. The van der Waals surface area contributed by atoms with Gasteiger partial charge in [0.05, 0.1) is 6.07 Å². The molecule has 1 N–H and O–H groups in total. The van der Waals surface area contributed by atoms with Crippen LogP contribution >= 0.6 is 0 Å². The van der Waals surface area contributed by atoms with Crippen LogP contribution in [-0.2, 0) is 6.54 Å². The molecule has 5 nitrogen and oxygen atoms in total. The SMILES string of the molecule is N#CCC1(Cn2c(C(=O)O)cccc2=O)CC1.